The SMILES string of the molecule is CCCCC[C@@H](N)c1ccccc1SC(F)(F)F.Cl. The summed E-state index contributed by atoms with van der Waals surface area (Å²) in [6.07, 6.45) is 3.81. The molecule has 0 saturated carbocycles. The number of hydrogen-bond acceptors (Lipinski definition) is 2. The summed E-state index contributed by atoms with van der Waals surface area (Å²) in [4.78, 5) is 0.217. The van der Waals surface area contributed by atoms with Crippen molar-refractivity contribution >= 4 is 24.2 Å². The third-order valence-corrected chi connectivity index (χ3v) is 3.49. The minimum absolute atomic E-state index is 0. The van der Waals surface area contributed by atoms with Gasteiger partial charge in [-0.05, 0) is 29.8 Å². The summed E-state index contributed by atoms with van der Waals surface area (Å²) in [5.74, 6) is 0. The van der Waals surface area contributed by atoms with Gasteiger partial charge in [-0.2, -0.15) is 13.2 Å². The molecule has 0 saturated heterocycles. The van der Waals surface area contributed by atoms with Crippen molar-refractivity contribution in [1.82, 2.24) is 0 Å². The van der Waals surface area contributed by atoms with E-state index in [2.05, 4.69) is 6.92 Å². The normalized spacial score (nSPS) is 12.9. The molecule has 2 N–H and O–H groups in total. The van der Waals surface area contributed by atoms with E-state index < -0.39 is 5.51 Å². The summed E-state index contributed by atoms with van der Waals surface area (Å²) >= 11 is -0.0851. The van der Waals surface area contributed by atoms with Crippen LogP contribution < -0.4 is 5.73 Å². The molecule has 110 valence electrons. The van der Waals surface area contributed by atoms with Gasteiger partial charge < -0.3 is 5.73 Å². The highest BCUT2D eigenvalue weighted by Gasteiger charge is 2.30. The van der Waals surface area contributed by atoms with Gasteiger partial charge in [-0.15, -0.1) is 12.4 Å². The lowest BCUT2D eigenvalue weighted by molar-refractivity contribution is -0.0328. The average Bonchev–Trinajstić information content (AvgIpc) is 2.27. The highest BCUT2D eigenvalue weighted by atomic mass is 35.5. The van der Waals surface area contributed by atoms with Crippen molar-refractivity contribution in [3.8, 4) is 0 Å². The fraction of sp³-hybridized carbons (Fsp3) is 0.538. The van der Waals surface area contributed by atoms with Crippen LogP contribution in [-0.4, -0.2) is 5.51 Å². The van der Waals surface area contributed by atoms with Crippen LogP contribution in [0.3, 0.4) is 0 Å². The summed E-state index contributed by atoms with van der Waals surface area (Å²) in [7, 11) is 0. The fourth-order valence-corrected chi connectivity index (χ4v) is 2.51. The minimum Gasteiger partial charge on any atom is -0.324 e. The Hall–Kier alpha value is -0.390. The number of unbranched alkanes of at least 4 members (excludes halogenated alkanes) is 2. The molecule has 0 aliphatic rings. The van der Waals surface area contributed by atoms with E-state index in [1.807, 2.05) is 0 Å². The van der Waals surface area contributed by atoms with E-state index in [0.29, 0.717) is 5.56 Å². The maximum Gasteiger partial charge on any atom is 0.446 e. The third kappa shape index (κ3) is 7.09. The second-order valence-corrected chi connectivity index (χ2v) is 5.29. The second-order valence-electron chi connectivity index (χ2n) is 4.19. The number of alkyl halides is 3. The van der Waals surface area contributed by atoms with Crippen molar-refractivity contribution < 1.29 is 13.2 Å². The molecule has 1 atom stereocenters. The van der Waals surface area contributed by atoms with Crippen LogP contribution >= 0.6 is 24.2 Å². The van der Waals surface area contributed by atoms with Crippen molar-refractivity contribution in [2.24, 2.45) is 5.73 Å². The molecule has 1 aromatic rings. The zero-order valence-corrected chi connectivity index (χ0v) is 12.4. The van der Waals surface area contributed by atoms with Gasteiger partial charge in [0, 0.05) is 10.9 Å². The molecule has 19 heavy (non-hydrogen) atoms. The van der Waals surface area contributed by atoms with Gasteiger partial charge in [-0.3, -0.25) is 0 Å². The van der Waals surface area contributed by atoms with Gasteiger partial charge >= 0.3 is 5.51 Å². The van der Waals surface area contributed by atoms with Gasteiger partial charge in [0.2, 0.25) is 0 Å². The zero-order chi connectivity index (χ0) is 13.6. The van der Waals surface area contributed by atoms with E-state index in [1.54, 1.807) is 18.2 Å². The lowest BCUT2D eigenvalue weighted by Gasteiger charge is -2.16. The summed E-state index contributed by atoms with van der Waals surface area (Å²) in [6, 6.07) is 6.19. The quantitative estimate of drug-likeness (QED) is 0.569. The van der Waals surface area contributed by atoms with Gasteiger partial charge in [0.25, 0.3) is 0 Å². The number of rotatable bonds is 6. The van der Waals surface area contributed by atoms with Crippen LogP contribution in [0.4, 0.5) is 13.2 Å². The van der Waals surface area contributed by atoms with Crippen LogP contribution in [0.1, 0.15) is 44.2 Å². The van der Waals surface area contributed by atoms with E-state index in [-0.39, 0.29) is 35.1 Å². The van der Waals surface area contributed by atoms with Crippen molar-refractivity contribution in [2.45, 2.75) is 49.1 Å². The largest absolute Gasteiger partial charge is 0.446 e. The predicted octanol–water partition coefficient (Wildman–Crippen LogP) is 5.30. The highest BCUT2D eigenvalue weighted by molar-refractivity contribution is 8.00. The van der Waals surface area contributed by atoms with E-state index in [0.717, 1.165) is 25.7 Å². The van der Waals surface area contributed by atoms with Crippen LogP contribution in [0, 0.1) is 0 Å². The molecule has 0 aliphatic carbocycles. The molecule has 1 rings (SSSR count). The number of benzene rings is 1. The minimum atomic E-state index is -4.26. The van der Waals surface area contributed by atoms with Gasteiger partial charge in [0.15, 0.2) is 0 Å². The average molecular weight is 314 g/mol. The number of nitrogens with two attached hydrogens (primary N) is 1. The van der Waals surface area contributed by atoms with Gasteiger partial charge in [-0.25, -0.2) is 0 Å². The molecule has 0 aromatic heterocycles. The van der Waals surface area contributed by atoms with Crippen molar-refractivity contribution in [3.63, 3.8) is 0 Å². The summed E-state index contributed by atoms with van der Waals surface area (Å²) in [5.41, 5.74) is 2.30. The Morgan fingerprint density at radius 1 is 1.21 bits per heavy atom. The Balaban J connectivity index is 0.00000324. The van der Waals surface area contributed by atoms with Crippen molar-refractivity contribution in [3.05, 3.63) is 29.8 Å². The maximum absolute atomic E-state index is 12.4. The summed E-state index contributed by atoms with van der Waals surface area (Å²) in [6.45, 7) is 2.08. The standard InChI is InChI=1S/C13H18F3NS.ClH/c1-2-3-4-8-11(17)10-7-5-6-9-12(10)18-13(14,15)16;/h5-7,9,11H,2-4,8,17H2,1H3;1H/t11-;/m1./s1. The van der Waals surface area contributed by atoms with Crippen LogP contribution in [0.5, 0.6) is 0 Å². The zero-order valence-electron chi connectivity index (χ0n) is 10.7. The first-order valence-corrected chi connectivity index (χ1v) is 6.86. The topological polar surface area (TPSA) is 26.0 Å². The maximum atomic E-state index is 12.4. The Labute approximate surface area is 122 Å². The van der Waals surface area contributed by atoms with Crippen molar-refractivity contribution in [2.75, 3.05) is 0 Å². The monoisotopic (exact) mass is 313 g/mol. The van der Waals surface area contributed by atoms with Gasteiger partial charge in [-0.1, -0.05) is 44.4 Å². The number of thioether (sulfide) groups is 1. The Morgan fingerprint density at radius 3 is 2.42 bits per heavy atom. The first-order valence-electron chi connectivity index (χ1n) is 6.04. The molecule has 0 unspecified atom stereocenters. The molecule has 1 nitrogen and oxygen atoms in total. The smallest absolute Gasteiger partial charge is 0.324 e. The van der Waals surface area contributed by atoms with E-state index in [1.165, 1.54) is 6.07 Å². The van der Waals surface area contributed by atoms with E-state index in [9.17, 15) is 13.2 Å². The molecular weight excluding hydrogens is 295 g/mol. The van der Waals surface area contributed by atoms with E-state index >= 15 is 0 Å². The Bertz CT molecular complexity index is 371. The Kier molecular flexibility index (Phi) is 8.54. The first-order chi connectivity index (χ1) is 8.44. The molecule has 0 spiro atoms. The highest BCUT2D eigenvalue weighted by Crippen LogP contribution is 2.40. The molecular formula is C13H19ClF3NS. The van der Waals surface area contributed by atoms with Gasteiger partial charge in [0.05, 0.1) is 0 Å². The fourth-order valence-electron chi connectivity index (χ4n) is 1.77. The lowest BCUT2D eigenvalue weighted by Crippen LogP contribution is -2.12. The molecule has 0 radical (unpaired) electrons. The molecule has 0 fully saturated rings. The molecule has 0 heterocycles. The molecule has 6 heteroatoms. The van der Waals surface area contributed by atoms with Crippen LogP contribution in [-0.2, 0) is 0 Å². The Morgan fingerprint density at radius 2 is 1.84 bits per heavy atom. The number of hydrogen-bond donors (Lipinski definition) is 1. The van der Waals surface area contributed by atoms with E-state index in [4.69, 9.17) is 5.73 Å². The lowest BCUT2D eigenvalue weighted by atomic mass is 10.0. The molecule has 0 aliphatic heterocycles. The molecule has 0 bridgehead atoms. The predicted molar refractivity (Wildman–Crippen MR) is 76.7 cm³/mol. The van der Waals surface area contributed by atoms with Crippen molar-refractivity contribution in [1.29, 1.82) is 0 Å². The summed E-state index contributed by atoms with van der Waals surface area (Å²) in [5, 5.41) is 0. The molecule has 0 amide bonds. The number of halogens is 4. The summed E-state index contributed by atoms with van der Waals surface area (Å²) < 4.78 is 37.2. The van der Waals surface area contributed by atoms with Crippen LogP contribution in [0.2, 0.25) is 0 Å². The van der Waals surface area contributed by atoms with Crippen LogP contribution in [0.25, 0.3) is 0 Å². The third-order valence-electron chi connectivity index (χ3n) is 2.66. The van der Waals surface area contributed by atoms with Gasteiger partial charge in [0.1, 0.15) is 0 Å². The van der Waals surface area contributed by atoms with Crippen LogP contribution in [0.15, 0.2) is 29.2 Å². The first kappa shape index (κ1) is 18.6. The molecule has 1 aromatic carbocycles. The second kappa shape index (κ2) is 8.72.